The van der Waals surface area contributed by atoms with Crippen molar-refractivity contribution < 1.29 is 9.59 Å². The molecule has 2 aromatic carbocycles. The van der Waals surface area contributed by atoms with Crippen LogP contribution in [-0.2, 0) is 9.59 Å². The maximum absolute atomic E-state index is 12.2. The van der Waals surface area contributed by atoms with E-state index in [4.69, 9.17) is 0 Å². The lowest BCUT2D eigenvalue weighted by Crippen LogP contribution is -2.47. The SMILES string of the molecule is O=C(CCN1CCN(CCC(=O)Nc2cccc(Br)c2)CC1)Nc1cccc(Br)c1. The minimum Gasteiger partial charge on any atom is -0.326 e. The van der Waals surface area contributed by atoms with Crippen LogP contribution in [0.3, 0.4) is 0 Å². The van der Waals surface area contributed by atoms with Crippen molar-refractivity contribution in [3.05, 3.63) is 57.5 Å². The van der Waals surface area contributed by atoms with E-state index in [1.54, 1.807) is 0 Å². The Kier molecular flexibility index (Phi) is 8.87. The molecular formula is C22H26Br2N4O2. The molecule has 0 aromatic heterocycles. The smallest absolute Gasteiger partial charge is 0.225 e. The maximum Gasteiger partial charge on any atom is 0.225 e. The predicted octanol–water partition coefficient (Wildman–Crippen LogP) is 4.19. The Balaban J connectivity index is 1.31. The lowest BCUT2D eigenvalue weighted by atomic mass is 10.2. The van der Waals surface area contributed by atoms with Crippen LogP contribution in [0.2, 0.25) is 0 Å². The minimum atomic E-state index is 0.0275. The fraction of sp³-hybridized carbons (Fsp3) is 0.364. The summed E-state index contributed by atoms with van der Waals surface area (Å²) in [5.41, 5.74) is 1.61. The number of halogens is 2. The van der Waals surface area contributed by atoms with Gasteiger partial charge in [-0.3, -0.25) is 9.59 Å². The molecule has 0 spiro atoms. The number of hydrogen-bond acceptors (Lipinski definition) is 4. The van der Waals surface area contributed by atoms with E-state index in [0.29, 0.717) is 12.8 Å². The number of carbonyl (C=O) groups is 2. The van der Waals surface area contributed by atoms with Gasteiger partial charge in [0.15, 0.2) is 0 Å². The van der Waals surface area contributed by atoms with Crippen molar-refractivity contribution in [1.82, 2.24) is 9.80 Å². The standard InChI is InChI=1S/C22H26Br2N4O2/c23-17-3-1-5-19(15-17)25-21(29)7-9-27-11-13-28(14-12-27)10-8-22(30)26-20-6-2-4-18(24)16-20/h1-6,15-16H,7-14H2,(H,25,29)(H,26,30). The lowest BCUT2D eigenvalue weighted by Gasteiger charge is -2.34. The molecule has 8 heteroatoms. The molecule has 0 saturated carbocycles. The molecule has 3 rings (SSSR count). The molecular weight excluding hydrogens is 512 g/mol. The van der Waals surface area contributed by atoms with Gasteiger partial charge in [-0.2, -0.15) is 0 Å². The number of hydrogen-bond donors (Lipinski definition) is 2. The Hall–Kier alpha value is -1.74. The lowest BCUT2D eigenvalue weighted by molar-refractivity contribution is -0.117. The van der Waals surface area contributed by atoms with E-state index in [9.17, 15) is 9.59 Å². The Morgan fingerprint density at radius 1 is 0.733 bits per heavy atom. The largest absolute Gasteiger partial charge is 0.326 e. The van der Waals surface area contributed by atoms with Gasteiger partial charge in [-0.25, -0.2) is 0 Å². The zero-order valence-electron chi connectivity index (χ0n) is 16.7. The van der Waals surface area contributed by atoms with Gasteiger partial charge < -0.3 is 20.4 Å². The van der Waals surface area contributed by atoms with E-state index < -0.39 is 0 Å². The quantitative estimate of drug-likeness (QED) is 0.530. The average Bonchev–Trinajstić information content (AvgIpc) is 2.71. The van der Waals surface area contributed by atoms with E-state index >= 15 is 0 Å². The van der Waals surface area contributed by atoms with E-state index in [-0.39, 0.29) is 11.8 Å². The van der Waals surface area contributed by atoms with Crippen molar-refractivity contribution in [2.24, 2.45) is 0 Å². The van der Waals surface area contributed by atoms with Gasteiger partial charge in [0.1, 0.15) is 0 Å². The second-order valence-corrected chi connectivity index (χ2v) is 9.13. The fourth-order valence-electron chi connectivity index (χ4n) is 3.34. The van der Waals surface area contributed by atoms with Crippen LogP contribution in [-0.4, -0.2) is 60.9 Å². The Morgan fingerprint density at radius 3 is 1.50 bits per heavy atom. The van der Waals surface area contributed by atoms with Crippen LogP contribution in [0.5, 0.6) is 0 Å². The van der Waals surface area contributed by atoms with Gasteiger partial charge in [-0.05, 0) is 36.4 Å². The molecule has 1 aliphatic rings. The first-order valence-electron chi connectivity index (χ1n) is 10.0. The number of anilines is 2. The minimum absolute atomic E-state index is 0.0275. The summed E-state index contributed by atoms with van der Waals surface area (Å²) in [5, 5.41) is 5.87. The normalized spacial score (nSPS) is 15.0. The van der Waals surface area contributed by atoms with Gasteiger partial charge in [0.25, 0.3) is 0 Å². The maximum atomic E-state index is 12.2. The van der Waals surface area contributed by atoms with E-state index in [2.05, 4.69) is 52.3 Å². The third kappa shape index (κ3) is 7.83. The molecule has 2 amide bonds. The Bertz CT molecular complexity index is 798. The molecule has 0 aliphatic carbocycles. The first-order chi connectivity index (χ1) is 14.5. The highest BCUT2D eigenvalue weighted by molar-refractivity contribution is 9.10. The first-order valence-corrected chi connectivity index (χ1v) is 11.6. The van der Waals surface area contributed by atoms with Crippen LogP contribution in [0.1, 0.15) is 12.8 Å². The number of nitrogens with zero attached hydrogens (tertiary/aromatic N) is 2. The third-order valence-corrected chi connectivity index (χ3v) is 5.98. The summed E-state index contributed by atoms with van der Waals surface area (Å²) < 4.78 is 1.89. The average molecular weight is 538 g/mol. The van der Waals surface area contributed by atoms with Gasteiger partial charge in [0, 0.05) is 72.4 Å². The highest BCUT2D eigenvalue weighted by Crippen LogP contribution is 2.17. The monoisotopic (exact) mass is 536 g/mol. The summed E-state index contributed by atoms with van der Waals surface area (Å²) in [7, 11) is 0. The molecule has 1 heterocycles. The first kappa shape index (κ1) is 22.9. The van der Waals surface area contributed by atoms with E-state index in [1.165, 1.54) is 0 Å². The summed E-state index contributed by atoms with van der Waals surface area (Å²) >= 11 is 6.82. The fourth-order valence-corrected chi connectivity index (χ4v) is 4.13. The van der Waals surface area contributed by atoms with Crippen LogP contribution in [0.15, 0.2) is 57.5 Å². The van der Waals surface area contributed by atoms with Crippen molar-refractivity contribution in [2.45, 2.75) is 12.8 Å². The molecule has 1 saturated heterocycles. The predicted molar refractivity (Wildman–Crippen MR) is 128 cm³/mol. The summed E-state index contributed by atoms with van der Waals surface area (Å²) in [6, 6.07) is 15.2. The van der Waals surface area contributed by atoms with Crippen molar-refractivity contribution in [2.75, 3.05) is 49.9 Å². The van der Waals surface area contributed by atoms with Crippen LogP contribution in [0.25, 0.3) is 0 Å². The molecule has 1 fully saturated rings. The summed E-state index contributed by atoms with van der Waals surface area (Å²) in [4.78, 5) is 28.9. The molecule has 160 valence electrons. The molecule has 6 nitrogen and oxygen atoms in total. The zero-order valence-corrected chi connectivity index (χ0v) is 19.9. The Morgan fingerprint density at radius 2 is 1.13 bits per heavy atom. The number of carbonyl (C=O) groups excluding carboxylic acids is 2. The van der Waals surface area contributed by atoms with Crippen molar-refractivity contribution >= 4 is 55.0 Å². The third-order valence-electron chi connectivity index (χ3n) is 4.99. The number of nitrogens with one attached hydrogen (secondary N) is 2. The van der Waals surface area contributed by atoms with Crippen LogP contribution >= 0.6 is 31.9 Å². The molecule has 0 bridgehead atoms. The van der Waals surface area contributed by atoms with Gasteiger partial charge in [-0.1, -0.05) is 44.0 Å². The van der Waals surface area contributed by atoms with Gasteiger partial charge in [-0.15, -0.1) is 0 Å². The van der Waals surface area contributed by atoms with Gasteiger partial charge in [0.05, 0.1) is 0 Å². The molecule has 1 aliphatic heterocycles. The number of rotatable bonds is 8. The molecule has 2 N–H and O–H groups in total. The highest BCUT2D eigenvalue weighted by atomic mass is 79.9. The van der Waals surface area contributed by atoms with Gasteiger partial charge in [0.2, 0.25) is 11.8 Å². The van der Waals surface area contributed by atoms with E-state index in [1.807, 2.05) is 48.5 Å². The summed E-state index contributed by atoms with van der Waals surface area (Å²) in [5.74, 6) is 0.0551. The second-order valence-electron chi connectivity index (χ2n) is 7.30. The molecule has 2 aromatic rings. The van der Waals surface area contributed by atoms with E-state index in [0.717, 1.165) is 59.6 Å². The zero-order chi connectivity index (χ0) is 21.3. The van der Waals surface area contributed by atoms with Crippen molar-refractivity contribution in [3.63, 3.8) is 0 Å². The van der Waals surface area contributed by atoms with Crippen LogP contribution in [0, 0.1) is 0 Å². The van der Waals surface area contributed by atoms with Crippen LogP contribution in [0.4, 0.5) is 11.4 Å². The summed E-state index contributed by atoms with van der Waals surface area (Å²) in [6.07, 6.45) is 0.948. The second kappa shape index (κ2) is 11.6. The van der Waals surface area contributed by atoms with Gasteiger partial charge >= 0.3 is 0 Å². The molecule has 0 unspecified atom stereocenters. The summed E-state index contributed by atoms with van der Waals surface area (Å²) in [6.45, 7) is 5.15. The van der Waals surface area contributed by atoms with Crippen molar-refractivity contribution in [3.8, 4) is 0 Å². The van der Waals surface area contributed by atoms with Crippen molar-refractivity contribution in [1.29, 1.82) is 0 Å². The Labute approximate surface area is 194 Å². The number of benzene rings is 2. The molecule has 0 radical (unpaired) electrons. The topological polar surface area (TPSA) is 64.7 Å². The molecule has 0 atom stereocenters. The highest BCUT2D eigenvalue weighted by Gasteiger charge is 2.18. The molecule has 30 heavy (non-hydrogen) atoms. The number of piperazine rings is 1. The number of amides is 2. The van der Waals surface area contributed by atoms with Crippen LogP contribution < -0.4 is 10.6 Å².